The molecule has 1 aliphatic rings. The van der Waals surface area contributed by atoms with Crippen molar-refractivity contribution in [3.8, 4) is 0 Å². The van der Waals surface area contributed by atoms with Crippen LogP contribution >= 0.6 is 0 Å². The van der Waals surface area contributed by atoms with E-state index in [2.05, 4.69) is 16.9 Å². The molecule has 0 atom stereocenters. The van der Waals surface area contributed by atoms with Gasteiger partial charge in [-0.15, -0.1) is 0 Å². The van der Waals surface area contributed by atoms with Crippen molar-refractivity contribution in [3.05, 3.63) is 17.8 Å². The zero-order valence-electron chi connectivity index (χ0n) is 9.94. The Balaban J connectivity index is 2.12. The molecule has 2 heterocycles. The van der Waals surface area contributed by atoms with E-state index in [1.807, 2.05) is 19.2 Å². The lowest BCUT2D eigenvalue weighted by Gasteiger charge is -2.32. The van der Waals surface area contributed by atoms with Gasteiger partial charge in [0.05, 0.1) is 0 Å². The second kappa shape index (κ2) is 4.70. The second-order valence-corrected chi connectivity index (χ2v) is 4.35. The lowest BCUT2D eigenvalue weighted by Crippen LogP contribution is -2.37. The Kier molecular flexibility index (Phi) is 3.29. The molecule has 1 saturated heterocycles. The fraction of sp³-hybridized carbons (Fsp3) is 0.583. The van der Waals surface area contributed by atoms with E-state index in [0.29, 0.717) is 6.04 Å². The van der Waals surface area contributed by atoms with Crippen molar-refractivity contribution in [2.24, 2.45) is 0 Å². The summed E-state index contributed by atoms with van der Waals surface area (Å²) >= 11 is 0. The van der Waals surface area contributed by atoms with Gasteiger partial charge in [-0.3, -0.25) is 0 Å². The molecule has 0 saturated carbocycles. The molecule has 1 fully saturated rings. The summed E-state index contributed by atoms with van der Waals surface area (Å²) in [5, 5.41) is 0. The molecule has 1 aromatic rings. The fourth-order valence-corrected chi connectivity index (χ4v) is 1.98. The highest BCUT2D eigenvalue weighted by Gasteiger charge is 2.19. The molecule has 0 spiro atoms. The third kappa shape index (κ3) is 2.27. The van der Waals surface area contributed by atoms with Crippen molar-refractivity contribution < 1.29 is 4.74 Å². The molecule has 88 valence electrons. The maximum Gasteiger partial charge on any atom is 0.130 e. The molecule has 16 heavy (non-hydrogen) atoms. The van der Waals surface area contributed by atoms with Gasteiger partial charge in [0.1, 0.15) is 5.82 Å². The van der Waals surface area contributed by atoms with Gasteiger partial charge in [0, 0.05) is 44.3 Å². The van der Waals surface area contributed by atoms with E-state index in [-0.39, 0.29) is 0 Å². The lowest BCUT2D eigenvalue weighted by molar-refractivity contribution is 0.0853. The maximum atomic E-state index is 5.90. The number of nitrogen functional groups attached to an aromatic ring is 1. The van der Waals surface area contributed by atoms with Crippen molar-refractivity contribution in [2.75, 3.05) is 30.9 Å². The Hall–Kier alpha value is -1.29. The van der Waals surface area contributed by atoms with Crippen LogP contribution in [0.25, 0.3) is 0 Å². The van der Waals surface area contributed by atoms with Gasteiger partial charge < -0.3 is 15.4 Å². The molecule has 0 aliphatic carbocycles. The van der Waals surface area contributed by atoms with E-state index in [4.69, 9.17) is 10.5 Å². The summed E-state index contributed by atoms with van der Waals surface area (Å²) in [5.74, 6) is 0.954. The van der Waals surface area contributed by atoms with Crippen LogP contribution in [0.1, 0.15) is 18.4 Å². The Morgan fingerprint density at radius 1 is 1.44 bits per heavy atom. The predicted octanol–water partition coefficient (Wildman–Crippen LogP) is 1.59. The molecular formula is C12H19N3O. The molecule has 0 aromatic carbocycles. The number of nitrogens with zero attached hydrogens (tertiary/aromatic N) is 2. The molecule has 2 N–H and O–H groups in total. The third-order valence-electron chi connectivity index (χ3n) is 3.23. The average Bonchev–Trinajstić information content (AvgIpc) is 2.33. The number of anilines is 2. The minimum absolute atomic E-state index is 0.517. The fourth-order valence-electron chi connectivity index (χ4n) is 1.98. The highest BCUT2D eigenvalue weighted by molar-refractivity contribution is 5.54. The van der Waals surface area contributed by atoms with Gasteiger partial charge in [-0.25, -0.2) is 4.98 Å². The molecule has 0 unspecified atom stereocenters. The first-order chi connectivity index (χ1) is 7.68. The summed E-state index contributed by atoms with van der Waals surface area (Å²) in [5.41, 5.74) is 7.74. The molecule has 4 heteroatoms. The quantitative estimate of drug-likeness (QED) is 0.824. The lowest BCUT2D eigenvalue weighted by atomic mass is 10.1. The van der Waals surface area contributed by atoms with Crippen LogP contribution in [0.2, 0.25) is 0 Å². The minimum Gasteiger partial charge on any atom is -0.398 e. The molecule has 0 radical (unpaired) electrons. The summed E-state index contributed by atoms with van der Waals surface area (Å²) in [4.78, 5) is 6.63. The summed E-state index contributed by atoms with van der Waals surface area (Å²) < 4.78 is 5.36. The SMILES string of the molecule is Cc1cnc(N(C)C2CCOCC2)cc1N. The number of aromatic nitrogens is 1. The number of ether oxygens (including phenoxy) is 1. The van der Waals surface area contributed by atoms with Gasteiger partial charge >= 0.3 is 0 Å². The van der Waals surface area contributed by atoms with Gasteiger partial charge in [-0.1, -0.05) is 0 Å². The number of hydrogen-bond acceptors (Lipinski definition) is 4. The Morgan fingerprint density at radius 2 is 2.12 bits per heavy atom. The number of aryl methyl sites for hydroxylation is 1. The summed E-state index contributed by atoms with van der Waals surface area (Å²) in [6.07, 6.45) is 3.96. The molecule has 4 nitrogen and oxygen atoms in total. The van der Waals surface area contributed by atoms with Crippen LogP contribution in [0, 0.1) is 6.92 Å². The van der Waals surface area contributed by atoms with Gasteiger partial charge in [0.2, 0.25) is 0 Å². The molecule has 1 aromatic heterocycles. The molecule has 2 rings (SSSR count). The van der Waals surface area contributed by atoms with Crippen molar-refractivity contribution in [2.45, 2.75) is 25.8 Å². The summed E-state index contributed by atoms with van der Waals surface area (Å²) in [7, 11) is 2.08. The summed E-state index contributed by atoms with van der Waals surface area (Å²) in [6, 6.07) is 2.47. The van der Waals surface area contributed by atoms with E-state index in [9.17, 15) is 0 Å². The second-order valence-electron chi connectivity index (χ2n) is 4.35. The van der Waals surface area contributed by atoms with Gasteiger partial charge in [0.15, 0.2) is 0 Å². The van der Waals surface area contributed by atoms with Gasteiger partial charge in [0.25, 0.3) is 0 Å². The molecule has 0 amide bonds. The number of pyridine rings is 1. The first kappa shape index (κ1) is 11.2. The minimum atomic E-state index is 0.517. The normalized spacial score (nSPS) is 17.4. The van der Waals surface area contributed by atoms with E-state index in [1.165, 1.54) is 0 Å². The van der Waals surface area contributed by atoms with Crippen molar-refractivity contribution >= 4 is 11.5 Å². The zero-order valence-corrected chi connectivity index (χ0v) is 9.94. The van der Waals surface area contributed by atoms with Crippen molar-refractivity contribution in [1.82, 2.24) is 4.98 Å². The van der Waals surface area contributed by atoms with E-state index < -0.39 is 0 Å². The third-order valence-corrected chi connectivity index (χ3v) is 3.23. The smallest absolute Gasteiger partial charge is 0.130 e. The van der Waals surface area contributed by atoms with Crippen molar-refractivity contribution in [1.29, 1.82) is 0 Å². The largest absolute Gasteiger partial charge is 0.398 e. The van der Waals surface area contributed by atoms with Gasteiger partial charge in [-0.2, -0.15) is 0 Å². The van der Waals surface area contributed by atoms with Crippen LogP contribution in [-0.2, 0) is 4.74 Å². The highest BCUT2D eigenvalue weighted by Crippen LogP contribution is 2.22. The van der Waals surface area contributed by atoms with Crippen LogP contribution in [0.5, 0.6) is 0 Å². The maximum absolute atomic E-state index is 5.90. The zero-order chi connectivity index (χ0) is 11.5. The van der Waals surface area contributed by atoms with Crippen LogP contribution in [-0.4, -0.2) is 31.3 Å². The first-order valence-corrected chi connectivity index (χ1v) is 5.71. The van der Waals surface area contributed by atoms with Crippen LogP contribution in [0.3, 0.4) is 0 Å². The van der Waals surface area contributed by atoms with E-state index in [0.717, 1.165) is 43.1 Å². The predicted molar refractivity (Wildman–Crippen MR) is 65.6 cm³/mol. The van der Waals surface area contributed by atoms with Crippen LogP contribution in [0.15, 0.2) is 12.3 Å². The molecule has 1 aliphatic heterocycles. The van der Waals surface area contributed by atoms with Crippen LogP contribution < -0.4 is 10.6 Å². The standard InChI is InChI=1S/C12H19N3O/c1-9-8-14-12(7-11(9)13)15(2)10-3-5-16-6-4-10/h7-8,10H,3-6H2,1-2H3,(H2,13,14). The van der Waals surface area contributed by atoms with Gasteiger partial charge in [-0.05, 0) is 25.3 Å². The Morgan fingerprint density at radius 3 is 2.75 bits per heavy atom. The Bertz CT molecular complexity index is 361. The number of nitrogens with two attached hydrogens (primary N) is 1. The molecular weight excluding hydrogens is 202 g/mol. The topological polar surface area (TPSA) is 51.4 Å². The molecule has 0 bridgehead atoms. The van der Waals surface area contributed by atoms with E-state index in [1.54, 1.807) is 0 Å². The van der Waals surface area contributed by atoms with E-state index >= 15 is 0 Å². The highest BCUT2D eigenvalue weighted by atomic mass is 16.5. The van der Waals surface area contributed by atoms with Crippen molar-refractivity contribution in [3.63, 3.8) is 0 Å². The first-order valence-electron chi connectivity index (χ1n) is 5.71. The summed E-state index contributed by atoms with van der Waals surface area (Å²) in [6.45, 7) is 3.66. The average molecular weight is 221 g/mol. The Labute approximate surface area is 96.4 Å². The number of hydrogen-bond donors (Lipinski definition) is 1. The monoisotopic (exact) mass is 221 g/mol. The van der Waals surface area contributed by atoms with Crippen LogP contribution in [0.4, 0.5) is 11.5 Å². The number of rotatable bonds is 2.